The maximum Gasteiger partial charge on any atom is 0.329 e. The summed E-state index contributed by atoms with van der Waals surface area (Å²) in [6.45, 7) is 5.36. The lowest BCUT2D eigenvalue weighted by Crippen LogP contribution is -2.32. The van der Waals surface area contributed by atoms with Gasteiger partial charge in [-0.25, -0.2) is 5.43 Å². The molecule has 0 spiro atoms. The highest BCUT2D eigenvalue weighted by Crippen LogP contribution is 2.17. The lowest BCUT2D eigenvalue weighted by atomic mass is 10.1. The van der Waals surface area contributed by atoms with Crippen molar-refractivity contribution in [3.8, 4) is 5.75 Å². The number of carbonyl (C=O) groups excluding carboxylic acids is 3. The number of para-hydroxylation sites is 1. The van der Waals surface area contributed by atoms with Crippen LogP contribution in [0.1, 0.15) is 29.5 Å². The fourth-order valence-electron chi connectivity index (χ4n) is 3.13. The Kier molecular flexibility index (Phi) is 7.37. The van der Waals surface area contributed by atoms with Gasteiger partial charge in [0, 0.05) is 24.3 Å². The van der Waals surface area contributed by atoms with Gasteiger partial charge < -0.3 is 15.0 Å². The van der Waals surface area contributed by atoms with Crippen LogP contribution in [0.2, 0.25) is 0 Å². The van der Waals surface area contributed by atoms with Gasteiger partial charge in [0.15, 0.2) is 6.61 Å². The second-order valence-corrected chi connectivity index (χ2v) is 7.37. The molecule has 162 valence electrons. The van der Waals surface area contributed by atoms with E-state index in [1.807, 2.05) is 19.9 Å². The van der Waals surface area contributed by atoms with Crippen molar-refractivity contribution < 1.29 is 19.1 Å². The van der Waals surface area contributed by atoms with Crippen LogP contribution in [0.15, 0.2) is 47.6 Å². The zero-order valence-electron chi connectivity index (χ0n) is 17.7. The number of nitrogens with zero attached hydrogens (tertiary/aromatic N) is 2. The third kappa shape index (κ3) is 6.15. The number of amides is 3. The first-order chi connectivity index (χ1) is 14.9. The summed E-state index contributed by atoms with van der Waals surface area (Å²) in [5.41, 5.74) is 5.42. The highest BCUT2D eigenvalue weighted by atomic mass is 16.5. The number of benzene rings is 2. The first-order valence-corrected chi connectivity index (χ1v) is 10.2. The van der Waals surface area contributed by atoms with E-state index in [-0.39, 0.29) is 12.5 Å². The number of nitrogens with one attached hydrogen (secondary N) is 2. The van der Waals surface area contributed by atoms with Gasteiger partial charge in [-0.1, -0.05) is 18.2 Å². The van der Waals surface area contributed by atoms with E-state index in [0.29, 0.717) is 17.0 Å². The van der Waals surface area contributed by atoms with E-state index < -0.39 is 11.8 Å². The van der Waals surface area contributed by atoms with Crippen molar-refractivity contribution in [1.29, 1.82) is 0 Å². The van der Waals surface area contributed by atoms with Crippen LogP contribution in [-0.4, -0.2) is 48.5 Å². The Morgan fingerprint density at radius 3 is 2.52 bits per heavy atom. The van der Waals surface area contributed by atoms with E-state index in [2.05, 4.69) is 15.8 Å². The minimum atomic E-state index is -0.892. The number of hydrazone groups is 1. The van der Waals surface area contributed by atoms with Crippen LogP contribution in [0.5, 0.6) is 5.75 Å². The second-order valence-electron chi connectivity index (χ2n) is 7.37. The third-order valence-corrected chi connectivity index (χ3v) is 5.07. The van der Waals surface area contributed by atoms with E-state index in [0.717, 1.165) is 37.1 Å². The Morgan fingerprint density at radius 2 is 1.77 bits per heavy atom. The highest BCUT2D eigenvalue weighted by Gasteiger charge is 2.18. The maximum atomic E-state index is 12.2. The Balaban J connectivity index is 1.53. The second kappa shape index (κ2) is 10.4. The molecule has 0 unspecified atom stereocenters. The van der Waals surface area contributed by atoms with Gasteiger partial charge in [0.05, 0.1) is 6.21 Å². The van der Waals surface area contributed by atoms with E-state index in [1.54, 1.807) is 41.3 Å². The fourth-order valence-corrected chi connectivity index (χ4v) is 3.13. The molecule has 1 aliphatic rings. The lowest BCUT2D eigenvalue weighted by molar-refractivity contribution is -0.136. The van der Waals surface area contributed by atoms with Crippen molar-refractivity contribution in [3.05, 3.63) is 59.2 Å². The van der Waals surface area contributed by atoms with Gasteiger partial charge in [-0.2, -0.15) is 5.10 Å². The van der Waals surface area contributed by atoms with Crippen molar-refractivity contribution in [2.24, 2.45) is 5.10 Å². The largest absolute Gasteiger partial charge is 0.483 e. The van der Waals surface area contributed by atoms with Gasteiger partial charge in [0.2, 0.25) is 0 Å². The summed E-state index contributed by atoms with van der Waals surface area (Å²) in [6, 6.07) is 12.4. The lowest BCUT2D eigenvalue weighted by Gasteiger charge is -2.16. The summed E-state index contributed by atoms with van der Waals surface area (Å²) in [5, 5.41) is 6.38. The van der Waals surface area contributed by atoms with Crippen LogP contribution in [-0.2, 0) is 14.4 Å². The Morgan fingerprint density at radius 1 is 1.03 bits per heavy atom. The SMILES string of the molecule is Cc1ccc(NC(=O)C(=O)N/N=C\c2ccccc2OCC(=O)N2CCCC2)cc1C. The van der Waals surface area contributed by atoms with Gasteiger partial charge in [-0.3, -0.25) is 14.4 Å². The number of carbonyl (C=O) groups is 3. The number of hydrogen-bond donors (Lipinski definition) is 2. The summed E-state index contributed by atoms with van der Waals surface area (Å²) in [6.07, 6.45) is 3.41. The minimum absolute atomic E-state index is 0.0550. The van der Waals surface area contributed by atoms with Crippen LogP contribution in [0.4, 0.5) is 5.69 Å². The van der Waals surface area contributed by atoms with Crippen molar-refractivity contribution in [2.45, 2.75) is 26.7 Å². The van der Waals surface area contributed by atoms with E-state index in [1.165, 1.54) is 6.21 Å². The standard InChI is InChI=1S/C23H26N4O4/c1-16-9-10-19(13-17(16)2)25-22(29)23(30)26-24-14-18-7-3-4-8-20(18)31-15-21(28)27-11-5-6-12-27/h3-4,7-10,13-14H,5-6,11-12,15H2,1-2H3,(H,25,29)(H,26,30)/b24-14-. The summed E-state index contributed by atoms with van der Waals surface area (Å²) in [7, 11) is 0. The molecule has 1 aliphatic heterocycles. The Bertz CT molecular complexity index is 997. The molecular formula is C23H26N4O4. The van der Waals surface area contributed by atoms with Gasteiger partial charge in [0.1, 0.15) is 5.75 Å². The number of hydrogen-bond acceptors (Lipinski definition) is 5. The number of anilines is 1. The molecule has 2 aromatic rings. The number of rotatable bonds is 6. The molecule has 1 fully saturated rings. The van der Waals surface area contributed by atoms with Crippen LogP contribution in [0.3, 0.4) is 0 Å². The molecule has 0 saturated carbocycles. The van der Waals surface area contributed by atoms with Crippen LogP contribution >= 0.6 is 0 Å². The van der Waals surface area contributed by atoms with Crippen molar-refractivity contribution >= 4 is 29.6 Å². The van der Waals surface area contributed by atoms with Crippen LogP contribution in [0.25, 0.3) is 0 Å². The smallest absolute Gasteiger partial charge is 0.329 e. The summed E-state index contributed by atoms with van der Waals surface area (Å²) in [4.78, 5) is 38.0. The topological polar surface area (TPSA) is 100 Å². The molecule has 2 N–H and O–H groups in total. The minimum Gasteiger partial charge on any atom is -0.483 e. The van der Waals surface area contributed by atoms with Crippen LogP contribution in [0, 0.1) is 13.8 Å². The van der Waals surface area contributed by atoms with Gasteiger partial charge in [-0.15, -0.1) is 0 Å². The average molecular weight is 422 g/mol. The van der Waals surface area contributed by atoms with E-state index >= 15 is 0 Å². The third-order valence-electron chi connectivity index (χ3n) is 5.07. The normalized spacial score (nSPS) is 13.3. The van der Waals surface area contributed by atoms with Gasteiger partial charge >= 0.3 is 11.8 Å². The molecule has 3 amide bonds. The fraction of sp³-hybridized carbons (Fsp3) is 0.304. The maximum absolute atomic E-state index is 12.2. The van der Waals surface area contributed by atoms with Crippen molar-refractivity contribution in [3.63, 3.8) is 0 Å². The molecule has 0 radical (unpaired) electrons. The summed E-state index contributed by atoms with van der Waals surface area (Å²) < 4.78 is 5.64. The molecule has 0 aromatic heterocycles. The van der Waals surface area contributed by atoms with E-state index in [9.17, 15) is 14.4 Å². The number of aryl methyl sites for hydroxylation is 2. The molecule has 1 saturated heterocycles. The highest BCUT2D eigenvalue weighted by molar-refractivity contribution is 6.39. The molecule has 1 heterocycles. The number of ether oxygens (including phenoxy) is 1. The average Bonchev–Trinajstić information content (AvgIpc) is 3.30. The molecule has 8 nitrogen and oxygen atoms in total. The predicted molar refractivity (Wildman–Crippen MR) is 118 cm³/mol. The molecular weight excluding hydrogens is 396 g/mol. The first-order valence-electron chi connectivity index (χ1n) is 10.2. The molecule has 31 heavy (non-hydrogen) atoms. The zero-order valence-corrected chi connectivity index (χ0v) is 17.7. The van der Waals surface area contributed by atoms with E-state index in [4.69, 9.17) is 4.74 Å². The van der Waals surface area contributed by atoms with Crippen molar-refractivity contribution in [1.82, 2.24) is 10.3 Å². The van der Waals surface area contributed by atoms with Crippen molar-refractivity contribution in [2.75, 3.05) is 25.0 Å². The molecule has 0 aliphatic carbocycles. The monoisotopic (exact) mass is 422 g/mol. The molecule has 3 rings (SSSR count). The molecule has 0 atom stereocenters. The predicted octanol–water partition coefficient (Wildman–Crippen LogP) is 2.39. The summed E-state index contributed by atoms with van der Waals surface area (Å²) >= 11 is 0. The van der Waals surface area contributed by atoms with Gasteiger partial charge in [0.25, 0.3) is 5.91 Å². The Hall–Kier alpha value is -3.68. The summed E-state index contributed by atoms with van der Waals surface area (Å²) in [5.74, 6) is -1.30. The van der Waals surface area contributed by atoms with Crippen LogP contribution < -0.4 is 15.5 Å². The number of likely N-dealkylation sites (tertiary alicyclic amines) is 1. The van der Waals surface area contributed by atoms with Gasteiger partial charge in [-0.05, 0) is 62.1 Å². The zero-order chi connectivity index (χ0) is 22.2. The first kappa shape index (κ1) is 22.0. The molecule has 0 bridgehead atoms. The molecule has 2 aromatic carbocycles. The Labute approximate surface area is 181 Å². The quantitative estimate of drug-likeness (QED) is 0.424. The molecule has 8 heteroatoms.